The van der Waals surface area contributed by atoms with E-state index in [2.05, 4.69) is 4.72 Å². The van der Waals surface area contributed by atoms with E-state index in [0.717, 1.165) is 31.2 Å². The summed E-state index contributed by atoms with van der Waals surface area (Å²) < 4.78 is 26.5. The Balaban J connectivity index is 1.87. The van der Waals surface area contributed by atoms with E-state index >= 15 is 0 Å². The topological polar surface area (TPSA) is 66.4 Å². The highest BCUT2D eigenvalue weighted by Crippen LogP contribution is 2.24. The van der Waals surface area contributed by atoms with Gasteiger partial charge in [0.2, 0.25) is 10.0 Å². The molecule has 0 radical (unpaired) electrons. The zero-order valence-electron chi connectivity index (χ0n) is 10.3. The minimum atomic E-state index is -3.17. The van der Waals surface area contributed by atoms with Gasteiger partial charge in [-0.25, -0.2) is 13.1 Å². The van der Waals surface area contributed by atoms with Crippen LogP contribution in [-0.2, 0) is 16.4 Å². The van der Waals surface area contributed by atoms with Gasteiger partial charge in [-0.1, -0.05) is 31.0 Å². The molecule has 1 aliphatic carbocycles. The lowest BCUT2D eigenvalue weighted by molar-refractivity contribution is 0.467. The van der Waals surface area contributed by atoms with Crippen LogP contribution in [-0.4, -0.2) is 25.3 Å². The van der Waals surface area contributed by atoms with Crippen molar-refractivity contribution in [3.8, 4) is 5.75 Å². The molecule has 0 amide bonds. The van der Waals surface area contributed by atoms with E-state index in [1.807, 2.05) is 6.07 Å². The minimum absolute atomic E-state index is 0.220. The summed E-state index contributed by atoms with van der Waals surface area (Å²) in [5.74, 6) is 0.220. The molecule has 5 heteroatoms. The van der Waals surface area contributed by atoms with Gasteiger partial charge in [0.25, 0.3) is 0 Å². The highest BCUT2D eigenvalue weighted by molar-refractivity contribution is 7.90. The standard InChI is InChI=1S/C13H19NO3S/c15-13-8-4-1-5-11(13)9-10-14-18(16,17)12-6-2-3-7-12/h1,4-5,8,12,14-15H,2-3,6-7,9-10H2. The smallest absolute Gasteiger partial charge is 0.214 e. The molecule has 1 fully saturated rings. The molecule has 0 aliphatic heterocycles. The molecule has 4 nitrogen and oxygen atoms in total. The molecule has 1 saturated carbocycles. The first-order chi connectivity index (χ1) is 8.59. The predicted octanol–water partition coefficient (Wildman–Crippen LogP) is 1.80. The predicted molar refractivity (Wildman–Crippen MR) is 71.0 cm³/mol. The Labute approximate surface area is 108 Å². The molecule has 100 valence electrons. The molecule has 0 atom stereocenters. The Hall–Kier alpha value is -1.07. The van der Waals surface area contributed by atoms with Crippen molar-refractivity contribution >= 4 is 10.0 Å². The van der Waals surface area contributed by atoms with Crippen LogP contribution in [0.25, 0.3) is 0 Å². The fourth-order valence-electron chi connectivity index (χ4n) is 2.37. The van der Waals surface area contributed by atoms with E-state index in [-0.39, 0.29) is 11.0 Å². The third kappa shape index (κ3) is 3.23. The second-order valence-corrected chi connectivity index (χ2v) is 6.77. The first kappa shape index (κ1) is 13.4. The summed E-state index contributed by atoms with van der Waals surface area (Å²) in [5.41, 5.74) is 0.770. The Morgan fingerprint density at radius 3 is 2.56 bits per heavy atom. The summed E-state index contributed by atoms with van der Waals surface area (Å²) in [4.78, 5) is 0. The van der Waals surface area contributed by atoms with Crippen LogP contribution >= 0.6 is 0 Å². The van der Waals surface area contributed by atoms with E-state index in [1.54, 1.807) is 18.2 Å². The van der Waals surface area contributed by atoms with E-state index in [1.165, 1.54) is 0 Å². The molecule has 0 unspecified atom stereocenters. The van der Waals surface area contributed by atoms with E-state index in [4.69, 9.17) is 0 Å². The normalized spacial score (nSPS) is 17.1. The number of phenolic OH excluding ortho intramolecular Hbond substituents is 1. The zero-order valence-corrected chi connectivity index (χ0v) is 11.1. The van der Waals surface area contributed by atoms with Crippen molar-refractivity contribution in [2.75, 3.05) is 6.54 Å². The Morgan fingerprint density at radius 1 is 1.22 bits per heavy atom. The molecule has 0 spiro atoms. The summed E-state index contributed by atoms with van der Waals surface area (Å²) in [6.45, 7) is 0.344. The van der Waals surface area contributed by atoms with E-state index in [0.29, 0.717) is 13.0 Å². The average molecular weight is 269 g/mol. The molecule has 1 aliphatic rings. The van der Waals surface area contributed by atoms with Crippen molar-refractivity contribution in [1.29, 1.82) is 0 Å². The van der Waals surface area contributed by atoms with Gasteiger partial charge in [0, 0.05) is 6.54 Å². The number of phenols is 1. The summed E-state index contributed by atoms with van der Waals surface area (Å²) in [7, 11) is -3.17. The molecule has 0 bridgehead atoms. The molecule has 2 rings (SSSR count). The number of rotatable bonds is 5. The molecule has 2 N–H and O–H groups in total. The number of hydrogen-bond acceptors (Lipinski definition) is 3. The van der Waals surface area contributed by atoms with Crippen LogP contribution in [0.3, 0.4) is 0 Å². The van der Waals surface area contributed by atoms with Crippen LogP contribution in [0.5, 0.6) is 5.75 Å². The van der Waals surface area contributed by atoms with E-state index < -0.39 is 10.0 Å². The van der Waals surface area contributed by atoms with Gasteiger partial charge in [0.1, 0.15) is 5.75 Å². The third-order valence-corrected chi connectivity index (χ3v) is 5.39. The molecule has 0 heterocycles. The summed E-state index contributed by atoms with van der Waals surface area (Å²) in [6.07, 6.45) is 4.06. The minimum Gasteiger partial charge on any atom is -0.508 e. The van der Waals surface area contributed by atoms with Crippen molar-refractivity contribution in [2.24, 2.45) is 0 Å². The van der Waals surface area contributed by atoms with Crippen LogP contribution in [0.15, 0.2) is 24.3 Å². The quantitative estimate of drug-likeness (QED) is 0.856. The third-order valence-electron chi connectivity index (χ3n) is 3.43. The fourth-order valence-corrected chi connectivity index (χ4v) is 3.94. The van der Waals surface area contributed by atoms with Crippen LogP contribution in [0.4, 0.5) is 0 Å². The fraction of sp³-hybridized carbons (Fsp3) is 0.538. The van der Waals surface area contributed by atoms with Crippen LogP contribution in [0.1, 0.15) is 31.2 Å². The van der Waals surface area contributed by atoms with E-state index in [9.17, 15) is 13.5 Å². The van der Waals surface area contributed by atoms with Crippen molar-refractivity contribution in [3.05, 3.63) is 29.8 Å². The van der Waals surface area contributed by atoms with Crippen molar-refractivity contribution in [2.45, 2.75) is 37.4 Å². The maximum Gasteiger partial charge on any atom is 0.214 e. The van der Waals surface area contributed by atoms with Crippen molar-refractivity contribution in [1.82, 2.24) is 4.72 Å². The Morgan fingerprint density at radius 2 is 1.89 bits per heavy atom. The number of aromatic hydroxyl groups is 1. The first-order valence-electron chi connectivity index (χ1n) is 6.35. The summed E-state index contributed by atoms with van der Waals surface area (Å²) >= 11 is 0. The molecular weight excluding hydrogens is 250 g/mol. The van der Waals surface area contributed by atoms with Crippen molar-refractivity contribution in [3.63, 3.8) is 0 Å². The molecule has 0 aromatic heterocycles. The largest absolute Gasteiger partial charge is 0.508 e. The maximum atomic E-state index is 11.9. The van der Waals surface area contributed by atoms with Gasteiger partial charge in [0.15, 0.2) is 0 Å². The number of sulfonamides is 1. The second-order valence-electron chi connectivity index (χ2n) is 4.72. The van der Waals surface area contributed by atoms with Gasteiger partial charge in [-0.15, -0.1) is 0 Å². The van der Waals surface area contributed by atoms with Gasteiger partial charge in [-0.3, -0.25) is 0 Å². The molecule has 1 aromatic rings. The van der Waals surface area contributed by atoms with Gasteiger partial charge < -0.3 is 5.11 Å². The number of para-hydroxylation sites is 1. The molecule has 18 heavy (non-hydrogen) atoms. The first-order valence-corrected chi connectivity index (χ1v) is 7.89. The van der Waals surface area contributed by atoms with Gasteiger partial charge in [-0.05, 0) is 30.9 Å². The molecule has 0 saturated heterocycles. The lowest BCUT2D eigenvalue weighted by atomic mass is 10.1. The van der Waals surface area contributed by atoms with Crippen LogP contribution in [0, 0.1) is 0 Å². The average Bonchev–Trinajstić information content (AvgIpc) is 2.86. The SMILES string of the molecule is O=S(=O)(NCCc1ccccc1O)C1CCCC1. The number of nitrogens with one attached hydrogen (secondary N) is 1. The van der Waals surface area contributed by atoms with Gasteiger partial charge in [0.05, 0.1) is 5.25 Å². The maximum absolute atomic E-state index is 11.9. The van der Waals surface area contributed by atoms with Gasteiger partial charge in [-0.2, -0.15) is 0 Å². The zero-order chi connectivity index (χ0) is 13.0. The van der Waals surface area contributed by atoms with Gasteiger partial charge >= 0.3 is 0 Å². The lowest BCUT2D eigenvalue weighted by Crippen LogP contribution is -2.34. The molecular formula is C13H19NO3S. The highest BCUT2D eigenvalue weighted by Gasteiger charge is 2.27. The number of benzene rings is 1. The highest BCUT2D eigenvalue weighted by atomic mass is 32.2. The second kappa shape index (κ2) is 5.71. The Bertz CT molecular complexity index is 493. The summed E-state index contributed by atoms with van der Waals surface area (Å²) in [5, 5.41) is 9.35. The number of hydrogen-bond donors (Lipinski definition) is 2. The van der Waals surface area contributed by atoms with Crippen LogP contribution < -0.4 is 4.72 Å². The van der Waals surface area contributed by atoms with Crippen LogP contribution in [0.2, 0.25) is 0 Å². The summed E-state index contributed by atoms with van der Waals surface area (Å²) in [6, 6.07) is 7.00. The monoisotopic (exact) mass is 269 g/mol. The molecule has 1 aromatic carbocycles. The Kier molecular flexibility index (Phi) is 4.24. The lowest BCUT2D eigenvalue weighted by Gasteiger charge is -2.12. The van der Waals surface area contributed by atoms with Crippen molar-refractivity contribution < 1.29 is 13.5 Å².